The van der Waals surface area contributed by atoms with Gasteiger partial charge >= 0.3 is 12.1 Å². The SMILES string of the molecule is O=C(OCc1ccccc1)N1CCN(C2(C(=O)O)CC2)CC1. The fourth-order valence-corrected chi connectivity index (χ4v) is 2.91. The van der Waals surface area contributed by atoms with Crippen molar-refractivity contribution in [3.8, 4) is 0 Å². The Hall–Kier alpha value is -2.08. The Kier molecular flexibility index (Phi) is 4.02. The van der Waals surface area contributed by atoms with Crippen LogP contribution >= 0.6 is 0 Å². The quantitative estimate of drug-likeness (QED) is 0.914. The van der Waals surface area contributed by atoms with Crippen LogP contribution in [0.1, 0.15) is 18.4 Å². The zero-order valence-electron chi connectivity index (χ0n) is 12.4. The molecule has 22 heavy (non-hydrogen) atoms. The lowest BCUT2D eigenvalue weighted by Gasteiger charge is -2.37. The second kappa shape index (κ2) is 5.96. The first-order valence-corrected chi connectivity index (χ1v) is 7.56. The predicted molar refractivity (Wildman–Crippen MR) is 79.4 cm³/mol. The third-order valence-electron chi connectivity index (χ3n) is 4.47. The summed E-state index contributed by atoms with van der Waals surface area (Å²) in [6.45, 7) is 2.48. The van der Waals surface area contributed by atoms with E-state index in [1.54, 1.807) is 4.90 Å². The van der Waals surface area contributed by atoms with Crippen LogP contribution in [0.5, 0.6) is 0 Å². The van der Waals surface area contributed by atoms with Gasteiger partial charge in [0.1, 0.15) is 12.1 Å². The highest BCUT2D eigenvalue weighted by atomic mass is 16.6. The normalized spacial score (nSPS) is 20.5. The first-order valence-electron chi connectivity index (χ1n) is 7.56. The summed E-state index contributed by atoms with van der Waals surface area (Å²) >= 11 is 0. The van der Waals surface area contributed by atoms with E-state index in [0.717, 1.165) is 5.56 Å². The zero-order valence-corrected chi connectivity index (χ0v) is 12.4. The van der Waals surface area contributed by atoms with E-state index in [1.807, 2.05) is 35.2 Å². The van der Waals surface area contributed by atoms with Gasteiger partial charge in [0.15, 0.2) is 0 Å². The summed E-state index contributed by atoms with van der Waals surface area (Å²) in [5.74, 6) is -0.743. The summed E-state index contributed by atoms with van der Waals surface area (Å²) in [5, 5.41) is 9.29. The van der Waals surface area contributed by atoms with Gasteiger partial charge in [-0.3, -0.25) is 9.69 Å². The highest BCUT2D eigenvalue weighted by Gasteiger charge is 2.55. The van der Waals surface area contributed by atoms with Crippen molar-refractivity contribution in [2.75, 3.05) is 26.2 Å². The number of amides is 1. The van der Waals surface area contributed by atoms with E-state index in [1.165, 1.54) is 0 Å². The minimum absolute atomic E-state index is 0.263. The van der Waals surface area contributed by atoms with Crippen molar-refractivity contribution in [3.63, 3.8) is 0 Å². The number of carboxylic acids is 1. The van der Waals surface area contributed by atoms with Crippen LogP contribution in [0.2, 0.25) is 0 Å². The monoisotopic (exact) mass is 304 g/mol. The molecule has 6 nitrogen and oxygen atoms in total. The van der Waals surface area contributed by atoms with Crippen LogP contribution < -0.4 is 0 Å². The Morgan fingerprint density at radius 1 is 1.09 bits per heavy atom. The molecule has 1 N–H and O–H groups in total. The van der Waals surface area contributed by atoms with E-state index in [2.05, 4.69) is 0 Å². The maximum absolute atomic E-state index is 12.0. The van der Waals surface area contributed by atoms with Gasteiger partial charge < -0.3 is 14.7 Å². The molecule has 1 amide bonds. The molecular weight excluding hydrogens is 284 g/mol. The van der Waals surface area contributed by atoms with Gasteiger partial charge in [0.05, 0.1) is 0 Å². The molecule has 2 aliphatic rings. The van der Waals surface area contributed by atoms with Crippen LogP contribution in [0, 0.1) is 0 Å². The van der Waals surface area contributed by atoms with Crippen molar-refractivity contribution in [2.45, 2.75) is 25.0 Å². The van der Waals surface area contributed by atoms with Crippen LogP contribution in [0.3, 0.4) is 0 Å². The minimum atomic E-state index is -0.743. The molecule has 0 atom stereocenters. The van der Waals surface area contributed by atoms with Crippen molar-refractivity contribution < 1.29 is 19.4 Å². The largest absolute Gasteiger partial charge is 0.480 e. The molecule has 3 rings (SSSR count). The van der Waals surface area contributed by atoms with E-state index < -0.39 is 11.5 Å². The zero-order chi connectivity index (χ0) is 15.6. The lowest BCUT2D eigenvalue weighted by Crippen LogP contribution is -2.55. The second-order valence-corrected chi connectivity index (χ2v) is 5.85. The lowest BCUT2D eigenvalue weighted by molar-refractivity contribution is -0.145. The van der Waals surface area contributed by atoms with E-state index in [0.29, 0.717) is 39.0 Å². The number of hydrogen-bond acceptors (Lipinski definition) is 4. The molecule has 118 valence electrons. The van der Waals surface area contributed by atoms with E-state index in [4.69, 9.17) is 4.74 Å². The molecule has 1 heterocycles. The minimum Gasteiger partial charge on any atom is -0.480 e. The van der Waals surface area contributed by atoms with E-state index in [-0.39, 0.29) is 12.7 Å². The number of carbonyl (C=O) groups excluding carboxylic acids is 1. The maximum Gasteiger partial charge on any atom is 0.410 e. The van der Waals surface area contributed by atoms with Crippen molar-refractivity contribution in [1.82, 2.24) is 9.80 Å². The number of rotatable bonds is 4. The van der Waals surface area contributed by atoms with Crippen LogP contribution in [0.4, 0.5) is 4.79 Å². The smallest absolute Gasteiger partial charge is 0.410 e. The van der Waals surface area contributed by atoms with Gasteiger partial charge in [-0.1, -0.05) is 30.3 Å². The van der Waals surface area contributed by atoms with Crippen molar-refractivity contribution >= 4 is 12.1 Å². The van der Waals surface area contributed by atoms with Gasteiger partial charge in [0.25, 0.3) is 0 Å². The molecule has 6 heteroatoms. The molecule has 0 bridgehead atoms. The number of ether oxygens (including phenoxy) is 1. The molecule has 1 aliphatic heterocycles. The molecule has 1 aromatic rings. The summed E-state index contributed by atoms with van der Waals surface area (Å²) in [4.78, 5) is 27.0. The number of carboxylic acid groups (broad SMARTS) is 1. The molecule has 0 unspecified atom stereocenters. The van der Waals surface area contributed by atoms with Crippen LogP contribution in [0.25, 0.3) is 0 Å². The average molecular weight is 304 g/mol. The van der Waals surface area contributed by atoms with Crippen molar-refractivity contribution in [3.05, 3.63) is 35.9 Å². The Morgan fingerprint density at radius 2 is 1.73 bits per heavy atom. The second-order valence-electron chi connectivity index (χ2n) is 5.85. The first-order chi connectivity index (χ1) is 10.6. The van der Waals surface area contributed by atoms with Gasteiger partial charge in [0, 0.05) is 26.2 Å². The summed E-state index contributed by atoms with van der Waals surface area (Å²) in [6, 6.07) is 9.55. The lowest BCUT2D eigenvalue weighted by atomic mass is 10.2. The number of hydrogen-bond donors (Lipinski definition) is 1. The molecule has 1 saturated heterocycles. The van der Waals surface area contributed by atoms with E-state index in [9.17, 15) is 14.7 Å². The highest BCUT2D eigenvalue weighted by Crippen LogP contribution is 2.42. The molecule has 0 aromatic heterocycles. The number of piperazine rings is 1. The highest BCUT2D eigenvalue weighted by molar-refractivity contribution is 5.82. The van der Waals surface area contributed by atoms with Gasteiger partial charge in [0.2, 0.25) is 0 Å². The van der Waals surface area contributed by atoms with Gasteiger partial charge in [-0.05, 0) is 18.4 Å². The summed E-state index contributed by atoms with van der Waals surface area (Å²) < 4.78 is 5.30. The van der Waals surface area contributed by atoms with Crippen LogP contribution in [-0.4, -0.2) is 58.7 Å². The third kappa shape index (κ3) is 2.92. The topological polar surface area (TPSA) is 70.1 Å². The molecule has 0 radical (unpaired) electrons. The molecule has 2 fully saturated rings. The molecule has 0 spiro atoms. The van der Waals surface area contributed by atoms with Gasteiger partial charge in [-0.2, -0.15) is 0 Å². The van der Waals surface area contributed by atoms with Gasteiger partial charge in [-0.15, -0.1) is 0 Å². The van der Waals surface area contributed by atoms with Gasteiger partial charge in [-0.25, -0.2) is 4.79 Å². The summed E-state index contributed by atoms with van der Waals surface area (Å²) in [5.41, 5.74) is 0.289. The Labute approximate surface area is 129 Å². The maximum atomic E-state index is 12.0. The molecule has 1 aliphatic carbocycles. The summed E-state index contributed by atoms with van der Waals surface area (Å²) in [6.07, 6.45) is 1.09. The number of aliphatic carboxylic acids is 1. The third-order valence-corrected chi connectivity index (χ3v) is 4.47. The predicted octanol–water partition coefficient (Wildman–Crippen LogP) is 1.56. The van der Waals surface area contributed by atoms with Crippen LogP contribution in [0.15, 0.2) is 30.3 Å². The Balaban J connectivity index is 1.47. The standard InChI is InChI=1S/C16H20N2O4/c19-14(20)16(6-7-16)18-10-8-17(9-11-18)15(21)22-12-13-4-2-1-3-5-13/h1-5H,6-12H2,(H,19,20). The molecule has 1 aromatic carbocycles. The number of nitrogens with zero attached hydrogens (tertiary/aromatic N) is 2. The molecular formula is C16H20N2O4. The summed E-state index contributed by atoms with van der Waals surface area (Å²) in [7, 11) is 0. The Bertz CT molecular complexity index is 549. The van der Waals surface area contributed by atoms with Crippen molar-refractivity contribution in [1.29, 1.82) is 0 Å². The van der Waals surface area contributed by atoms with Crippen LogP contribution in [-0.2, 0) is 16.1 Å². The van der Waals surface area contributed by atoms with Crippen molar-refractivity contribution in [2.24, 2.45) is 0 Å². The first kappa shape index (κ1) is 14.8. The molecule has 1 saturated carbocycles. The average Bonchev–Trinajstić information content (AvgIpc) is 3.36. The van der Waals surface area contributed by atoms with E-state index >= 15 is 0 Å². The fourth-order valence-electron chi connectivity index (χ4n) is 2.91. The Morgan fingerprint density at radius 3 is 2.27 bits per heavy atom. The fraction of sp³-hybridized carbons (Fsp3) is 0.500. The number of carbonyl (C=O) groups is 2. The number of benzene rings is 1.